The highest BCUT2D eigenvalue weighted by atomic mass is 32.2. The number of ether oxygens (including phenoxy) is 1. The minimum Gasteiger partial charge on any atom is -0.496 e. The van der Waals surface area contributed by atoms with Crippen LogP contribution in [0.4, 0.5) is 0 Å². The maximum Gasteiger partial charge on any atom is 0.262 e. The summed E-state index contributed by atoms with van der Waals surface area (Å²) < 4.78 is 9.15. The lowest BCUT2D eigenvalue weighted by Gasteiger charge is -2.13. The number of para-hydroxylation sites is 1. The fraction of sp³-hybridized carbons (Fsp3) is 0.333. The molecule has 4 rings (SSSR count). The zero-order valence-corrected chi connectivity index (χ0v) is 19.5. The fourth-order valence-corrected chi connectivity index (χ4v) is 4.59. The van der Waals surface area contributed by atoms with E-state index in [4.69, 9.17) is 4.74 Å². The second-order valence-electron chi connectivity index (χ2n) is 8.15. The minimum atomic E-state index is -0.0477. The van der Waals surface area contributed by atoms with Gasteiger partial charge in [0.05, 0.1) is 18.0 Å². The lowest BCUT2D eigenvalue weighted by molar-refractivity contribution is 0.101. The zero-order chi connectivity index (χ0) is 22.8. The van der Waals surface area contributed by atoms with Gasteiger partial charge in [0.2, 0.25) is 5.78 Å². The maximum absolute atomic E-state index is 13.2. The number of Topliss-reactive ketones (excluding diaryl/α,β-unsaturated/α-hetero) is 1. The molecule has 0 amide bonds. The van der Waals surface area contributed by atoms with E-state index in [0.717, 1.165) is 23.3 Å². The first-order valence-corrected chi connectivity index (χ1v) is 11.6. The largest absolute Gasteiger partial charge is 0.496 e. The summed E-state index contributed by atoms with van der Waals surface area (Å²) in [5.41, 5.74) is 2.28. The molecule has 0 saturated carbocycles. The molecular weight excluding hydrogens is 424 g/mol. The van der Waals surface area contributed by atoms with Crippen molar-refractivity contribution in [2.45, 2.75) is 44.6 Å². The second kappa shape index (κ2) is 9.16. The summed E-state index contributed by atoms with van der Waals surface area (Å²) in [5.74, 6) is 2.28. The molecule has 4 aromatic rings. The van der Waals surface area contributed by atoms with Crippen molar-refractivity contribution in [1.82, 2.24) is 19.2 Å². The topological polar surface area (TPSA) is 78.5 Å². The van der Waals surface area contributed by atoms with Crippen LogP contribution in [0.15, 0.2) is 52.4 Å². The number of methoxy groups -OCH3 is 1. The summed E-state index contributed by atoms with van der Waals surface area (Å²) in [5, 5.41) is 10.1. The lowest BCUT2D eigenvalue weighted by Crippen LogP contribution is -2.24. The van der Waals surface area contributed by atoms with Crippen LogP contribution in [0.25, 0.3) is 16.7 Å². The molecule has 2 aromatic heterocycles. The third kappa shape index (κ3) is 4.14. The van der Waals surface area contributed by atoms with Crippen LogP contribution in [0.2, 0.25) is 0 Å². The Labute approximate surface area is 190 Å². The van der Waals surface area contributed by atoms with Crippen molar-refractivity contribution in [2.24, 2.45) is 5.92 Å². The van der Waals surface area contributed by atoms with Gasteiger partial charge in [0.15, 0.2) is 10.9 Å². The van der Waals surface area contributed by atoms with Crippen molar-refractivity contribution in [3.63, 3.8) is 0 Å². The van der Waals surface area contributed by atoms with Crippen LogP contribution < -0.4 is 10.3 Å². The third-order valence-corrected chi connectivity index (χ3v) is 6.43. The predicted octanol–water partition coefficient (Wildman–Crippen LogP) is 4.59. The molecule has 2 aromatic carbocycles. The summed E-state index contributed by atoms with van der Waals surface area (Å²) in [7, 11) is 1.62. The van der Waals surface area contributed by atoms with Gasteiger partial charge < -0.3 is 4.74 Å². The smallest absolute Gasteiger partial charge is 0.262 e. The standard InChI is InChI=1S/C24H26N4O3S/c1-15(2)11-12-27-22(30)19-7-5-6-8-20(19)28-23(27)25-26-24(28)32-14-18-13-17(16(3)29)9-10-21(18)31-4/h5-10,13,15H,11-12,14H2,1-4H3. The van der Waals surface area contributed by atoms with E-state index < -0.39 is 0 Å². The van der Waals surface area contributed by atoms with E-state index in [-0.39, 0.29) is 11.3 Å². The summed E-state index contributed by atoms with van der Waals surface area (Å²) in [4.78, 5) is 25.0. The predicted molar refractivity (Wildman–Crippen MR) is 127 cm³/mol. The highest BCUT2D eigenvalue weighted by molar-refractivity contribution is 7.98. The normalized spacial score (nSPS) is 11.5. The Balaban J connectivity index is 1.79. The van der Waals surface area contributed by atoms with Crippen molar-refractivity contribution >= 4 is 34.2 Å². The number of aromatic nitrogens is 4. The summed E-state index contributed by atoms with van der Waals surface area (Å²) >= 11 is 1.50. The van der Waals surface area contributed by atoms with E-state index in [9.17, 15) is 9.59 Å². The molecule has 0 aliphatic rings. The van der Waals surface area contributed by atoms with Gasteiger partial charge in [-0.2, -0.15) is 0 Å². The van der Waals surface area contributed by atoms with Crippen molar-refractivity contribution in [3.8, 4) is 5.75 Å². The molecule has 0 spiro atoms. The molecule has 7 nitrogen and oxygen atoms in total. The van der Waals surface area contributed by atoms with Crippen molar-refractivity contribution in [1.29, 1.82) is 0 Å². The summed E-state index contributed by atoms with van der Waals surface area (Å²) in [6.45, 7) is 6.41. The monoisotopic (exact) mass is 450 g/mol. The maximum atomic E-state index is 13.2. The van der Waals surface area contributed by atoms with Gasteiger partial charge in [0.25, 0.3) is 5.56 Å². The number of ketones is 1. The average Bonchev–Trinajstić information content (AvgIpc) is 3.21. The van der Waals surface area contributed by atoms with Crippen LogP contribution in [0.1, 0.15) is 43.1 Å². The quantitative estimate of drug-likeness (QED) is 0.289. The molecule has 0 aliphatic heterocycles. The number of fused-ring (bicyclic) bond motifs is 3. The highest BCUT2D eigenvalue weighted by Gasteiger charge is 2.18. The number of rotatable bonds is 8. The van der Waals surface area contributed by atoms with Gasteiger partial charge in [-0.05, 0) is 49.6 Å². The van der Waals surface area contributed by atoms with E-state index in [1.165, 1.54) is 11.8 Å². The number of benzene rings is 2. The van der Waals surface area contributed by atoms with E-state index in [1.54, 1.807) is 24.7 Å². The number of carbonyl (C=O) groups is 1. The summed E-state index contributed by atoms with van der Waals surface area (Å²) in [6, 6.07) is 13.0. The Kier molecular flexibility index (Phi) is 6.32. The number of aryl methyl sites for hydroxylation is 1. The van der Waals surface area contributed by atoms with E-state index in [0.29, 0.717) is 40.1 Å². The van der Waals surface area contributed by atoms with Crippen LogP contribution in [0, 0.1) is 5.92 Å². The number of hydrogen-bond donors (Lipinski definition) is 0. The molecule has 2 heterocycles. The van der Waals surface area contributed by atoms with Crippen LogP contribution in [0.3, 0.4) is 0 Å². The molecule has 0 fully saturated rings. The Hall–Kier alpha value is -3.13. The first kappa shape index (κ1) is 22.1. The van der Waals surface area contributed by atoms with Gasteiger partial charge in [-0.1, -0.05) is 37.7 Å². The number of nitrogens with zero attached hydrogens (tertiary/aromatic N) is 4. The molecule has 0 bridgehead atoms. The summed E-state index contributed by atoms with van der Waals surface area (Å²) in [6.07, 6.45) is 0.873. The molecule has 0 saturated heterocycles. The second-order valence-corrected chi connectivity index (χ2v) is 9.09. The molecule has 0 radical (unpaired) electrons. The van der Waals surface area contributed by atoms with Crippen LogP contribution >= 0.6 is 11.8 Å². The molecule has 0 N–H and O–H groups in total. The highest BCUT2D eigenvalue weighted by Crippen LogP contribution is 2.29. The Bertz CT molecular complexity index is 1360. The number of thioether (sulfide) groups is 1. The molecular formula is C24H26N4O3S. The SMILES string of the molecule is COc1ccc(C(C)=O)cc1CSc1nnc2n(CCC(C)C)c(=O)c3ccccc3n12. The molecule has 32 heavy (non-hydrogen) atoms. The van der Waals surface area contributed by atoms with Crippen molar-refractivity contribution < 1.29 is 9.53 Å². The molecule has 166 valence electrons. The molecule has 0 unspecified atom stereocenters. The molecule has 8 heteroatoms. The van der Waals surface area contributed by atoms with E-state index in [1.807, 2.05) is 40.8 Å². The van der Waals surface area contributed by atoms with Gasteiger partial charge in [0, 0.05) is 23.4 Å². The van der Waals surface area contributed by atoms with Crippen molar-refractivity contribution in [2.75, 3.05) is 7.11 Å². The van der Waals surface area contributed by atoms with Gasteiger partial charge in [0.1, 0.15) is 5.75 Å². The molecule has 0 aliphatic carbocycles. The third-order valence-electron chi connectivity index (χ3n) is 5.45. The van der Waals surface area contributed by atoms with Gasteiger partial charge in [-0.15, -0.1) is 10.2 Å². The minimum absolute atomic E-state index is 0.00648. The zero-order valence-electron chi connectivity index (χ0n) is 18.7. The Morgan fingerprint density at radius 2 is 1.94 bits per heavy atom. The lowest BCUT2D eigenvalue weighted by atomic mass is 10.1. The first-order valence-electron chi connectivity index (χ1n) is 10.6. The fourth-order valence-electron chi connectivity index (χ4n) is 3.67. The van der Waals surface area contributed by atoms with Crippen LogP contribution in [-0.4, -0.2) is 32.1 Å². The van der Waals surface area contributed by atoms with Gasteiger partial charge in [-0.3, -0.25) is 18.6 Å². The van der Waals surface area contributed by atoms with E-state index in [2.05, 4.69) is 24.0 Å². The van der Waals surface area contributed by atoms with Crippen LogP contribution in [0.5, 0.6) is 5.75 Å². The van der Waals surface area contributed by atoms with E-state index >= 15 is 0 Å². The van der Waals surface area contributed by atoms with Gasteiger partial charge >= 0.3 is 0 Å². The number of hydrogen-bond acceptors (Lipinski definition) is 6. The van der Waals surface area contributed by atoms with Gasteiger partial charge in [-0.25, -0.2) is 0 Å². The average molecular weight is 451 g/mol. The molecule has 0 atom stereocenters. The Morgan fingerprint density at radius 1 is 1.16 bits per heavy atom. The Morgan fingerprint density at radius 3 is 2.66 bits per heavy atom. The first-order chi connectivity index (χ1) is 15.4. The van der Waals surface area contributed by atoms with Crippen LogP contribution in [-0.2, 0) is 12.3 Å². The number of carbonyl (C=O) groups excluding carboxylic acids is 1. The van der Waals surface area contributed by atoms with Crippen molar-refractivity contribution in [3.05, 3.63) is 63.9 Å².